The molecule has 20 aromatic rings. The smallest absolute Gasteiger partial charge is 0.198 e. The van der Waals surface area contributed by atoms with E-state index < -0.39 is 0 Å². The number of aryl methyl sites for hydroxylation is 7. The Hall–Kier alpha value is -16.1. The summed E-state index contributed by atoms with van der Waals surface area (Å²) in [4.78, 5) is 25.7. The summed E-state index contributed by atoms with van der Waals surface area (Å²) >= 11 is 0. The first-order chi connectivity index (χ1) is 71.2. The number of para-hydroxylation sites is 3. The first kappa shape index (κ1) is 102. The van der Waals surface area contributed by atoms with Gasteiger partial charge in [-0.3, -0.25) is 15.0 Å². The maximum Gasteiger partial charge on any atom is 0.198 e. The average molecular weight is 2450 g/mol. The summed E-state index contributed by atoms with van der Waals surface area (Å²) in [7, 11) is 0. The molecule has 0 radical (unpaired) electrons. The number of aromatic nitrogens is 4. The van der Waals surface area contributed by atoms with Gasteiger partial charge in [0.15, 0.2) is 13.4 Å². The van der Waals surface area contributed by atoms with E-state index >= 15 is 0 Å². The first-order valence-corrected chi connectivity index (χ1v) is 48.5. The molecule has 19 heteroatoms. The van der Waals surface area contributed by atoms with Gasteiger partial charge in [0.05, 0.1) is 11.4 Å². The van der Waals surface area contributed by atoms with E-state index in [4.69, 9.17) is 35.0 Å². The van der Waals surface area contributed by atoms with Crippen LogP contribution < -0.4 is 67.2 Å². The zero-order valence-corrected chi connectivity index (χ0v) is 89.1. The van der Waals surface area contributed by atoms with E-state index in [1.165, 1.54) is 44.3 Å². The van der Waals surface area contributed by atoms with Crippen LogP contribution in [0.5, 0.6) is 11.5 Å². The predicted molar refractivity (Wildman–Crippen MR) is 597 cm³/mol. The number of benzene rings is 17. The Morgan fingerprint density at radius 1 is 0.243 bits per heavy atom. The van der Waals surface area contributed by atoms with Crippen molar-refractivity contribution < 1.29 is 67.9 Å². The summed E-state index contributed by atoms with van der Waals surface area (Å²) in [6.07, 6.45) is 1.76. The zero-order valence-electron chi connectivity index (χ0n) is 82.3. The molecule has 3 aromatic heterocycles. The minimum Gasteiger partial charge on any atom is -0.503 e. The number of ether oxygens (including phenoxy) is 1. The molecule has 0 saturated carbocycles. The number of nitrogens with zero attached hydrogens (tertiary/aromatic N) is 13. The van der Waals surface area contributed by atoms with Gasteiger partial charge in [0.2, 0.25) is 0 Å². The van der Waals surface area contributed by atoms with Crippen LogP contribution in [-0.2, 0) is 63.2 Å². The van der Waals surface area contributed by atoms with Crippen LogP contribution >= 0.6 is 0 Å². The molecule has 148 heavy (non-hydrogen) atoms. The molecule has 730 valence electrons. The minimum absolute atomic E-state index is 0. The summed E-state index contributed by atoms with van der Waals surface area (Å²) in [5.74, 6) is 4.31. The van der Waals surface area contributed by atoms with Crippen LogP contribution in [0.2, 0.25) is 0 Å². The van der Waals surface area contributed by atoms with Crippen molar-refractivity contribution in [2.24, 2.45) is 15.3 Å². The van der Waals surface area contributed by atoms with Crippen LogP contribution in [0.15, 0.2) is 464 Å². The van der Waals surface area contributed by atoms with Gasteiger partial charge in [0.25, 0.3) is 0 Å². The molecule has 23 rings (SSSR count). The fraction of sp³-hybridized carbons (Fsp3) is 0.0543. The fourth-order valence-corrected chi connectivity index (χ4v) is 19.0. The summed E-state index contributed by atoms with van der Waals surface area (Å²) in [5, 5.41) is 20.9. The van der Waals surface area contributed by atoms with Crippen LogP contribution in [0.4, 0.5) is 34.1 Å². The van der Waals surface area contributed by atoms with Crippen molar-refractivity contribution in [1.82, 2.24) is 19.9 Å². The molecule has 0 bridgehead atoms. The van der Waals surface area contributed by atoms with E-state index in [1.54, 1.807) is 6.20 Å². The van der Waals surface area contributed by atoms with E-state index in [9.17, 15) is 0 Å². The van der Waals surface area contributed by atoms with Gasteiger partial charge in [-0.25, -0.2) is 4.98 Å². The number of hydrazone groups is 3. The van der Waals surface area contributed by atoms with Crippen LogP contribution in [0.25, 0.3) is 67.7 Å². The molecular formula is C129H98B2N13OPt3-9. The van der Waals surface area contributed by atoms with Gasteiger partial charge in [-0.1, -0.05) is 358 Å². The molecule has 0 aliphatic carbocycles. The molecule has 3 aliphatic heterocycles. The molecule has 3 aliphatic rings. The SMILES string of the molecule is Cc1cc(-c2[c-]c(B(c3[c-]c(N4[CH-]N(c5ccccc5)C(c5ccccc5)=N4)ccc3)c3c(C)cc(C)cc3C)ccc2)nc(-c2ccccc2)c1.Cc1cc(C)c(B(c2[c-]c(-c3cccc(-c4ccccc4)n3)ccc2)c2[c-]c(N3[CH-]N(c4ccccc4)C(c4ccccc4)=N3)ccc2)c(C)c1.[Pt].[Pt].[Pt].[c-]1c(Oc2[c-]c(N3[CH-]N(c4ccccc4)C(c4ccccc4)=N3)ccc2)cccc1-c1ccnc(-c2ccccc2)n1. The van der Waals surface area contributed by atoms with Gasteiger partial charge in [-0.15, -0.1) is 134 Å². The van der Waals surface area contributed by atoms with E-state index in [2.05, 4.69) is 365 Å². The second-order valence-corrected chi connectivity index (χ2v) is 36.0. The second-order valence-electron chi connectivity index (χ2n) is 36.0. The van der Waals surface area contributed by atoms with Crippen molar-refractivity contribution in [2.45, 2.75) is 48.5 Å². The van der Waals surface area contributed by atoms with Gasteiger partial charge in [0, 0.05) is 120 Å². The van der Waals surface area contributed by atoms with Gasteiger partial charge in [-0.2, -0.15) is 79.6 Å². The molecule has 0 spiro atoms. The van der Waals surface area contributed by atoms with E-state index in [1.807, 2.05) is 217 Å². The largest absolute Gasteiger partial charge is 0.503 e. The summed E-state index contributed by atoms with van der Waals surface area (Å²) in [6.45, 7) is 21.1. The van der Waals surface area contributed by atoms with Crippen LogP contribution in [0, 0.1) is 105 Å². The van der Waals surface area contributed by atoms with Gasteiger partial charge >= 0.3 is 0 Å². The summed E-state index contributed by atoms with van der Waals surface area (Å²) in [6, 6.07) is 173. The zero-order chi connectivity index (χ0) is 98.5. The van der Waals surface area contributed by atoms with Crippen LogP contribution in [0.3, 0.4) is 0 Å². The van der Waals surface area contributed by atoms with E-state index in [-0.39, 0.29) is 76.6 Å². The summed E-state index contributed by atoms with van der Waals surface area (Å²) in [5.41, 5.74) is 34.4. The average Bonchev–Trinajstić information content (AvgIpc) is 1.36. The maximum absolute atomic E-state index is 6.22. The molecule has 0 atom stereocenters. The quantitative estimate of drug-likeness (QED) is 0.0450. The third kappa shape index (κ3) is 23.4. The Labute approximate surface area is 911 Å². The number of pyridine rings is 2. The Morgan fingerprint density at radius 2 is 0.541 bits per heavy atom. The van der Waals surface area contributed by atoms with Crippen molar-refractivity contribution in [3.63, 3.8) is 0 Å². The normalized spacial score (nSPS) is 12.4. The molecule has 14 nitrogen and oxygen atoms in total. The maximum atomic E-state index is 6.22. The van der Waals surface area contributed by atoms with E-state index in [0.717, 1.165) is 158 Å². The standard InChI is InChI=1S/C47H38BN4.C46H36BN4.C36H24N5O.3Pt/c1-33-26-35(3)46(36(4)27-33)48(40-21-14-20-39(30-40)45-29-34(2)28-44(49-45)37-16-8-5-9-17-37)41-22-15-25-43(31-41)52-32-51(42-23-12-7-13-24-42)47(50-52)38-18-10-6-11-19-38;1-33-28-34(2)45(35(3)29-33)47(39-21-13-20-38(30-39)44-27-15-26-43(48-44)36-16-7-4-8-17-36)40-22-14-25-42(31-40)51-32-50(41-23-11-6-12-24-41)46(49-51)37-18-9-5-10-19-37;1-4-12-27(13-5-1)35-37-23-22-34(38-35)29-16-10-20-32(24-29)42-33-21-11-19-31(25-33)41-26-40(30-17-8-3-9-18-30)36(39-41)28-14-6-2-7-15-28;;;/h5-29,32H,1-4H3;4-29,32H,1-3H3;1-23,26H;;;/q3*-3;;;. The third-order valence-corrected chi connectivity index (χ3v) is 25.6. The number of anilines is 6. The number of hydrogen-bond acceptors (Lipinski definition) is 14. The Bertz CT molecular complexity index is 8050. The molecular weight excluding hydrogens is 2350 g/mol. The Morgan fingerprint density at radius 3 is 0.959 bits per heavy atom. The van der Waals surface area contributed by atoms with Crippen molar-refractivity contribution in [3.05, 3.63) is 561 Å². The fourth-order valence-electron chi connectivity index (χ4n) is 19.0. The summed E-state index contributed by atoms with van der Waals surface area (Å²) < 4.78 is 6.22. The van der Waals surface area contributed by atoms with Crippen molar-refractivity contribution in [1.29, 1.82) is 0 Å². The van der Waals surface area contributed by atoms with Crippen molar-refractivity contribution >= 4 is 97.8 Å². The third-order valence-electron chi connectivity index (χ3n) is 25.6. The second kappa shape index (κ2) is 47.4. The number of hydrogen-bond donors (Lipinski definition) is 0. The molecule has 0 amide bonds. The topological polar surface area (TPSA) is 117 Å². The van der Waals surface area contributed by atoms with Gasteiger partial charge < -0.3 is 34.5 Å². The first-order valence-electron chi connectivity index (χ1n) is 48.5. The predicted octanol–water partition coefficient (Wildman–Crippen LogP) is 24.8. The van der Waals surface area contributed by atoms with Gasteiger partial charge in [0.1, 0.15) is 23.3 Å². The van der Waals surface area contributed by atoms with Gasteiger partial charge in [-0.05, 0) is 125 Å². The molecule has 0 fully saturated rings. The van der Waals surface area contributed by atoms with Crippen molar-refractivity contribution in [2.75, 3.05) is 29.7 Å². The van der Waals surface area contributed by atoms with Crippen molar-refractivity contribution in [3.8, 4) is 79.2 Å². The molecule has 17 aromatic carbocycles. The number of amidine groups is 3. The minimum atomic E-state index is -0.121. The molecule has 0 N–H and O–H groups in total. The monoisotopic (exact) mass is 2450 g/mol. The van der Waals surface area contributed by atoms with Crippen LogP contribution in [0.1, 0.15) is 55.6 Å². The van der Waals surface area contributed by atoms with Crippen LogP contribution in [-0.4, -0.2) is 50.9 Å². The Balaban J connectivity index is 0.000000145. The number of rotatable bonds is 23. The Kier molecular flexibility index (Phi) is 32.7. The molecule has 6 heterocycles. The molecule has 0 saturated heterocycles. The molecule has 0 unspecified atom stereocenters. The van der Waals surface area contributed by atoms with E-state index in [0.29, 0.717) is 17.3 Å².